The fourth-order valence-corrected chi connectivity index (χ4v) is 5.65. The molecule has 1 fully saturated rings. The van der Waals surface area contributed by atoms with Crippen molar-refractivity contribution in [1.82, 2.24) is 4.31 Å². The maximum atomic E-state index is 12.5. The molecule has 1 aromatic heterocycles. The second-order valence-electron chi connectivity index (χ2n) is 4.91. The topological polar surface area (TPSA) is 63.4 Å². The van der Waals surface area contributed by atoms with Gasteiger partial charge in [0.15, 0.2) is 0 Å². The molecule has 1 aliphatic rings. The molecule has 0 bridgehead atoms. The highest BCUT2D eigenvalue weighted by molar-refractivity contribution is 7.91. The van der Waals surface area contributed by atoms with Gasteiger partial charge in [-0.15, -0.1) is 23.7 Å². The maximum absolute atomic E-state index is 12.5. The van der Waals surface area contributed by atoms with E-state index in [1.54, 1.807) is 4.31 Å². The van der Waals surface area contributed by atoms with Crippen molar-refractivity contribution in [3.8, 4) is 0 Å². The number of aryl methyl sites for hydroxylation is 2. The maximum Gasteiger partial charge on any atom is 0.252 e. The number of thiophene rings is 1. The normalized spacial score (nSPS) is 18.3. The van der Waals surface area contributed by atoms with Gasteiger partial charge < -0.3 is 5.73 Å². The van der Waals surface area contributed by atoms with E-state index in [0.717, 1.165) is 23.3 Å². The van der Waals surface area contributed by atoms with Gasteiger partial charge in [-0.05, 0) is 50.8 Å². The minimum atomic E-state index is -3.29. The molecule has 2 rings (SSSR count). The van der Waals surface area contributed by atoms with Gasteiger partial charge >= 0.3 is 0 Å². The van der Waals surface area contributed by atoms with Crippen LogP contribution < -0.4 is 5.73 Å². The molecule has 1 aromatic rings. The van der Waals surface area contributed by atoms with Gasteiger partial charge in [-0.1, -0.05) is 0 Å². The summed E-state index contributed by atoms with van der Waals surface area (Å²) in [5.41, 5.74) is 6.49. The van der Waals surface area contributed by atoms with E-state index in [0.29, 0.717) is 29.8 Å². The first-order valence-corrected chi connectivity index (χ1v) is 8.48. The molecule has 0 atom stereocenters. The quantitative estimate of drug-likeness (QED) is 0.926. The van der Waals surface area contributed by atoms with Gasteiger partial charge in [0.05, 0.1) is 0 Å². The van der Waals surface area contributed by atoms with Crippen LogP contribution in [0.1, 0.15) is 23.3 Å². The fraction of sp³-hybridized carbons (Fsp3) is 0.667. The zero-order valence-electron chi connectivity index (χ0n) is 11.3. The van der Waals surface area contributed by atoms with Crippen LogP contribution in [0.25, 0.3) is 0 Å². The summed E-state index contributed by atoms with van der Waals surface area (Å²) in [6.45, 7) is 5.66. The Balaban J connectivity index is 0.00000180. The molecule has 0 radical (unpaired) electrons. The summed E-state index contributed by atoms with van der Waals surface area (Å²) < 4.78 is 27.2. The Morgan fingerprint density at radius 1 is 1.37 bits per heavy atom. The van der Waals surface area contributed by atoms with Crippen molar-refractivity contribution in [3.05, 3.63) is 16.5 Å². The largest absolute Gasteiger partial charge is 0.330 e. The minimum absolute atomic E-state index is 0. The van der Waals surface area contributed by atoms with Gasteiger partial charge in [-0.3, -0.25) is 0 Å². The van der Waals surface area contributed by atoms with Crippen molar-refractivity contribution in [3.63, 3.8) is 0 Å². The molecule has 0 amide bonds. The van der Waals surface area contributed by atoms with Crippen LogP contribution in [0.3, 0.4) is 0 Å². The summed E-state index contributed by atoms with van der Waals surface area (Å²) in [6, 6.07) is 1.93. The highest BCUT2D eigenvalue weighted by Gasteiger charge is 2.31. The Labute approximate surface area is 125 Å². The molecule has 0 saturated carbocycles. The van der Waals surface area contributed by atoms with Crippen molar-refractivity contribution in [2.24, 2.45) is 11.7 Å². The molecule has 0 aromatic carbocycles. The zero-order valence-corrected chi connectivity index (χ0v) is 13.7. The second kappa shape index (κ2) is 6.54. The van der Waals surface area contributed by atoms with Gasteiger partial charge in [-0.25, -0.2) is 8.42 Å². The first-order chi connectivity index (χ1) is 8.45. The van der Waals surface area contributed by atoms with Gasteiger partial charge in [-0.2, -0.15) is 4.31 Å². The summed E-state index contributed by atoms with van der Waals surface area (Å²) in [5.74, 6) is 0.475. The SMILES string of the molecule is Cc1cc(C)c(S(=O)(=O)N2CCC(CN)CC2)s1.Cl. The highest BCUT2D eigenvalue weighted by atomic mass is 35.5. The number of piperidine rings is 1. The molecular formula is C12H21ClN2O2S2. The number of hydrogen-bond acceptors (Lipinski definition) is 4. The summed E-state index contributed by atoms with van der Waals surface area (Å²) in [4.78, 5) is 1.04. The van der Waals surface area contributed by atoms with Gasteiger partial charge in [0.1, 0.15) is 4.21 Å². The van der Waals surface area contributed by atoms with Crippen molar-refractivity contribution < 1.29 is 8.42 Å². The predicted octanol–water partition coefficient (Wildman–Crippen LogP) is 2.15. The number of nitrogens with zero attached hydrogens (tertiary/aromatic N) is 1. The average molecular weight is 325 g/mol. The molecule has 19 heavy (non-hydrogen) atoms. The van der Waals surface area contributed by atoms with E-state index in [9.17, 15) is 8.42 Å². The average Bonchev–Trinajstić information content (AvgIpc) is 2.69. The van der Waals surface area contributed by atoms with Crippen LogP contribution in [-0.2, 0) is 10.0 Å². The molecule has 1 aliphatic heterocycles. The molecule has 1 saturated heterocycles. The fourth-order valence-electron chi connectivity index (χ4n) is 2.38. The summed E-state index contributed by atoms with van der Waals surface area (Å²) in [6.07, 6.45) is 1.75. The third-order valence-corrected chi connectivity index (χ3v) is 7.14. The molecule has 110 valence electrons. The Hall–Kier alpha value is -0.140. The van der Waals surface area contributed by atoms with Crippen LogP contribution >= 0.6 is 23.7 Å². The van der Waals surface area contributed by atoms with Crippen LogP contribution in [0.2, 0.25) is 0 Å². The lowest BCUT2D eigenvalue weighted by Gasteiger charge is -2.30. The zero-order chi connectivity index (χ0) is 13.3. The van der Waals surface area contributed by atoms with Crippen molar-refractivity contribution >= 4 is 33.8 Å². The first-order valence-electron chi connectivity index (χ1n) is 6.22. The molecule has 0 spiro atoms. The number of hydrogen-bond donors (Lipinski definition) is 1. The third kappa shape index (κ3) is 3.49. The van der Waals surface area contributed by atoms with Gasteiger partial charge in [0, 0.05) is 18.0 Å². The second-order valence-corrected chi connectivity index (χ2v) is 8.30. The Bertz CT molecular complexity index is 520. The lowest BCUT2D eigenvalue weighted by Crippen LogP contribution is -2.39. The third-order valence-electron chi connectivity index (χ3n) is 3.48. The van der Waals surface area contributed by atoms with Gasteiger partial charge in [0.2, 0.25) is 0 Å². The van der Waals surface area contributed by atoms with Crippen LogP contribution in [0.5, 0.6) is 0 Å². The summed E-state index contributed by atoms with van der Waals surface area (Å²) >= 11 is 1.37. The van der Waals surface area contributed by atoms with E-state index in [-0.39, 0.29) is 12.4 Å². The number of sulfonamides is 1. The van der Waals surface area contributed by atoms with E-state index in [4.69, 9.17) is 5.73 Å². The van der Waals surface area contributed by atoms with E-state index < -0.39 is 10.0 Å². The van der Waals surface area contributed by atoms with E-state index in [1.165, 1.54) is 11.3 Å². The van der Waals surface area contributed by atoms with Crippen LogP contribution in [0.4, 0.5) is 0 Å². The number of rotatable bonds is 3. The number of nitrogens with two attached hydrogens (primary N) is 1. The highest BCUT2D eigenvalue weighted by Crippen LogP contribution is 2.30. The minimum Gasteiger partial charge on any atom is -0.330 e. The molecule has 4 nitrogen and oxygen atoms in total. The summed E-state index contributed by atoms with van der Waals surface area (Å²) in [7, 11) is -3.29. The molecule has 0 aliphatic carbocycles. The lowest BCUT2D eigenvalue weighted by molar-refractivity contribution is 0.279. The van der Waals surface area contributed by atoms with E-state index in [1.807, 2.05) is 19.9 Å². The van der Waals surface area contributed by atoms with Crippen LogP contribution in [-0.4, -0.2) is 32.4 Å². The number of halogens is 1. The Morgan fingerprint density at radius 3 is 2.37 bits per heavy atom. The van der Waals surface area contributed by atoms with Crippen LogP contribution in [0.15, 0.2) is 10.3 Å². The van der Waals surface area contributed by atoms with Crippen molar-refractivity contribution in [1.29, 1.82) is 0 Å². The first kappa shape index (κ1) is 16.9. The molecule has 2 N–H and O–H groups in total. The van der Waals surface area contributed by atoms with E-state index in [2.05, 4.69) is 0 Å². The molecule has 7 heteroatoms. The standard InChI is InChI=1S/C12H20N2O2S2.ClH/c1-9-7-10(2)17-12(9)18(15,16)14-5-3-11(8-13)4-6-14;/h7,11H,3-6,8,13H2,1-2H3;1H. The molecular weight excluding hydrogens is 304 g/mol. The molecule has 2 heterocycles. The van der Waals surface area contributed by atoms with Crippen molar-refractivity contribution in [2.75, 3.05) is 19.6 Å². The molecule has 0 unspecified atom stereocenters. The van der Waals surface area contributed by atoms with Crippen LogP contribution in [0, 0.1) is 19.8 Å². The predicted molar refractivity (Wildman–Crippen MR) is 81.6 cm³/mol. The van der Waals surface area contributed by atoms with Gasteiger partial charge in [0.25, 0.3) is 10.0 Å². The smallest absolute Gasteiger partial charge is 0.252 e. The Morgan fingerprint density at radius 2 is 1.95 bits per heavy atom. The lowest BCUT2D eigenvalue weighted by atomic mass is 9.99. The monoisotopic (exact) mass is 324 g/mol. The van der Waals surface area contributed by atoms with Crippen molar-refractivity contribution in [2.45, 2.75) is 30.9 Å². The summed E-state index contributed by atoms with van der Waals surface area (Å²) in [5, 5.41) is 0. The van der Waals surface area contributed by atoms with E-state index >= 15 is 0 Å². The Kier molecular flexibility index (Phi) is 5.82.